The van der Waals surface area contributed by atoms with Gasteiger partial charge < -0.3 is 9.32 Å². The van der Waals surface area contributed by atoms with Gasteiger partial charge in [-0.15, -0.1) is 10.2 Å². The SMILES string of the molecule is CCS(=O)(=O)N1CCCC[C@H]1c1nnc(C2CCN(CCc3ccccc3)CC2)o1. The first-order chi connectivity index (χ1) is 14.6. The number of aromatic nitrogens is 2. The number of benzene rings is 1. The number of hydrogen-bond donors (Lipinski definition) is 0. The second-order valence-electron chi connectivity index (χ2n) is 8.35. The van der Waals surface area contributed by atoms with Crippen LogP contribution in [0.25, 0.3) is 0 Å². The summed E-state index contributed by atoms with van der Waals surface area (Å²) < 4.78 is 32.6. The van der Waals surface area contributed by atoms with Crippen molar-refractivity contribution < 1.29 is 12.8 Å². The van der Waals surface area contributed by atoms with Crippen molar-refractivity contribution in [3.05, 3.63) is 47.7 Å². The largest absolute Gasteiger partial charge is 0.423 e. The molecule has 8 heteroatoms. The van der Waals surface area contributed by atoms with Crippen LogP contribution in [-0.2, 0) is 16.4 Å². The van der Waals surface area contributed by atoms with E-state index in [1.54, 1.807) is 11.2 Å². The van der Waals surface area contributed by atoms with Crippen molar-refractivity contribution in [3.63, 3.8) is 0 Å². The third kappa shape index (κ3) is 4.92. The zero-order valence-corrected chi connectivity index (χ0v) is 18.6. The molecule has 0 N–H and O–H groups in total. The molecule has 1 atom stereocenters. The first-order valence-corrected chi connectivity index (χ1v) is 12.8. The van der Waals surface area contributed by atoms with Gasteiger partial charge in [-0.2, -0.15) is 4.31 Å². The molecule has 2 aromatic rings. The van der Waals surface area contributed by atoms with Crippen molar-refractivity contribution in [2.24, 2.45) is 0 Å². The van der Waals surface area contributed by atoms with Crippen LogP contribution in [0.2, 0.25) is 0 Å². The van der Waals surface area contributed by atoms with Gasteiger partial charge in [-0.05, 0) is 57.7 Å². The number of likely N-dealkylation sites (tertiary alicyclic amines) is 1. The molecular formula is C22H32N4O3S. The first kappa shape index (κ1) is 21.5. The zero-order valence-electron chi connectivity index (χ0n) is 17.7. The molecule has 0 saturated carbocycles. The number of nitrogens with zero attached hydrogens (tertiary/aromatic N) is 4. The molecule has 2 saturated heterocycles. The molecule has 0 radical (unpaired) electrons. The van der Waals surface area contributed by atoms with Gasteiger partial charge in [0.05, 0.1) is 5.75 Å². The average molecular weight is 433 g/mol. The van der Waals surface area contributed by atoms with E-state index in [2.05, 4.69) is 45.4 Å². The van der Waals surface area contributed by atoms with E-state index in [0.717, 1.165) is 58.2 Å². The fourth-order valence-corrected chi connectivity index (χ4v) is 5.85. The summed E-state index contributed by atoms with van der Waals surface area (Å²) in [5.41, 5.74) is 1.38. The van der Waals surface area contributed by atoms with Gasteiger partial charge in [0.1, 0.15) is 6.04 Å². The van der Waals surface area contributed by atoms with Crippen molar-refractivity contribution in [2.45, 2.75) is 57.4 Å². The van der Waals surface area contributed by atoms with Gasteiger partial charge in [0.25, 0.3) is 0 Å². The molecule has 164 valence electrons. The van der Waals surface area contributed by atoms with E-state index in [-0.39, 0.29) is 17.7 Å². The number of piperidine rings is 2. The van der Waals surface area contributed by atoms with E-state index < -0.39 is 10.0 Å². The first-order valence-electron chi connectivity index (χ1n) is 11.2. The van der Waals surface area contributed by atoms with Gasteiger partial charge in [0.2, 0.25) is 21.8 Å². The van der Waals surface area contributed by atoms with Crippen LogP contribution in [0.4, 0.5) is 0 Å². The highest BCUT2D eigenvalue weighted by molar-refractivity contribution is 7.89. The smallest absolute Gasteiger partial charge is 0.234 e. The van der Waals surface area contributed by atoms with Gasteiger partial charge in [-0.25, -0.2) is 8.42 Å². The maximum Gasteiger partial charge on any atom is 0.234 e. The number of rotatable bonds is 7. The average Bonchev–Trinajstić information content (AvgIpc) is 3.29. The summed E-state index contributed by atoms with van der Waals surface area (Å²) in [5.74, 6) is 1.51. The van der Waals surface area contributed by atoms with Crippen molar-refractivity contribution in [2.75, 3.05) is 31.9 Å². The Labute approximate surface area is 179 Å². The lowest BCUT2D eigenvalue weighted by molar-refractivity contribution is 0.190. The zero-order chi connectivity index (χ0) is 21.0. The lowest BCUT2D eigenvalue weighted by atomic mass is 9.96. The van der Waals surface area contributed by atoms with Crippen LogP contribution in [0.15, 0.2) is 34.7 Å². The third-order valence-electron chi connectivity index (χ3n) is 6.41. The fraction of sp³-hybridized carbons (Fsp3) is 0.636. The van der Waals surface area contributed by atoms with E-state index in [9.17, 15) is 8.42 Å². The van der Waals surface area contributed by atoms with Crippen LogP contribution >= 0.6 is 0 Å². The highest BCUT2D eigenvalue weighted by atomic mass is 32.2. The van der Waals surface area contributed by atoms with Gasteiger partial charge in [-0.1, -0.05) is 36.8 Å². The molecule has 4 rings (SSSR count). The molecule has 2 aliphatic heterocycles. The van der Waals surface area contributed by atoms with E-state index in [1.807, 2.05) is 0 Å². The summed E-state index contributed by atoms with van der Waals surface area (Å²) in [5, 5.41) is 8.59. The maximum absolute atomic E-state index is 12.5. The van der Waals surface area contributed by atoms with Crippen molar-refractivity contribution in [1.82, 2.24) is 19.4 Å². The quantitative estimate of drug-likeness (QED) is 0.667. The Morgan fingerprint density at radius 3 is 2.47 bits per heavy atom. The van der Waals surface area contributed by atoms with Crippen LogP contribution in [0.3, 0.4) is 0 Å². The summed E-state index contributed by atoms with van der Waals surface area (Å²) in [7, 11) is -3.27. The molecule has 30 heavy (non-hydrogen) atoms. The minimum absolute atomic E-state index is 0.103. The third-order valence-corrected chi connectivity index (χ3v) is 8.29. The van der Waals surface area contributed by atoms with Crippen molar-refractivity contribution in [1.29, 1.82) is 0 Å². The molecule has 0 bridgehead atoms. The molecule has 7 nitrogen and oxygen atoms in total. The molecule has 2 fully saturated rings. The van der Waals surface area contributed by atoms with Crippen molar-refractivity contribution >= 4 is 10.0 Å². The van der Waals surface area contributed by atoms with Crippen LogP contribution in [0, 0.1) is 0 Å². The van der Waals surface area contributed by atoms with Crippen LogP contribution in [-0.4, -0.2) is 59.8 Å². The van der Waals surface area contributed by atoms with Crippen LogP contribution < -0.4 is 0 Å². The van der Waals surface area contributed by atoms with Gasteiger partial charge >= 0.3 is 0 Å². The summed E-state index contributed by atoms with van der Waals surface area (Å²) in [4.78, 5) is 2.50. The molecule has 2 aliphatic rings. The Morgan fingerprint density at radius 2 is 1.73 bits per heavy atom. The Hall–Kier alpha value is -1.77. The topological polar surface area (TPSA) is 79.5 Å². The van der Waals surface area contributed by atoms with E-state index in [4.69, 9.17) is 4.42 Å². The monoisotopic (exact) mass is 432 g/mol. The molecule has 0 spiro atoms. The Bertz CT molecular complexity index is 907. The molecule has 0 unspecified atom stereocenters. The predicted molar refractivity (Wildman–Crippen MR) is 116 cm³/mol. The van der Waals surface area contributed by atoms with Gasteiger partial charge in [0.15, 0.2) is 0 Å². The Morgan fingerprint density at radius 1 is 1.00 bits per heavy atom. The molecule has 1 aromatic carbocycles. The van der Waals surface area contributed by atoms with Gasteiger partial charge in [0, 0.05) is 19.0 Å². The summed E-state index contributed by atoms with van der Waals surface area (Å²) in [6, 6.07) is 10.3. The van der Waals surface area contributed by atoms with E-state index in [0.29, 0.717) is 18.3 Å². The molecule has 0 amide bonds. The van der Waals surface area contributed by atoms with Crippen LogP contribution in [0.5, 0.6) is 0 Å². The highest BCUT2D eigenvalue weighted by Gasteiger charge is 2.36. The highest BCUT2D eigenvalue weighted by Crippen LogP contribution is 2.34. The minimum Gasteiger partial charge on any atom is -0.423 e. The Kier molecular flexibility index (Phi) is 6.85. The fourth-order valence-electron chi connectivity index (χ4n) is 4.53. The second kappa shape index (κ2) is 9.58. The lowest BCUT2D eigenvalue weighted by Gasteiger charge is -2.32. The number of hydrogen-bond acceptors (Lipinski definition) is 6. The number of sulfonamides is 1. The van der Waals surface area contributed by atoms with E-state index >= 15 is 0 Å². The molecule has 0 aliphatic carbocycles. The lowest BCUT2D eigenvalue weighted by Crippen LogP contribution is -2.39. The standard InChI is InChI=1S/C22H32N4O3S/c1-2-30(27,28)26-14-7-6-10-20(26)22-24-23-21(29-22)19-12-16-25(17-13-19)15-11-18-8-4-3-5-9-18/h3-5,8-9,19-20H,2,6-7,10-17H2,1H3/t20-/m0/s1. The predicted octanol–water partition coefficient (Wildman–Crippen LogP) is 3.37. The second-order valence-corrected chi connectivity index (χ2v) is 10.6. The molecule has 3 heterocycles. The van der Waals surface area contributed by atoms with E-state index in [1.165, 1.54) is 5.56 Å². The summed E-state index contributed by atoms with van der Waals surface area (Å²) >= 11 is 0. The maximum atomic E-state index is 12.5. The Balaban J connectivity index is 1.34. The minimum atomic E-state index is -3.27. The normalized spacial score (nSPS) is 22.4. The summed E-state index contributed by atoms with van der Waals surface area (Å²) in [6.07, 6.45) is 5.69. The van der Waals surface area contributed by atoms with Crippen molar-refractivity contribution in [3.8, 4) is 0 Å². The summed E-state index contributed by atoms with van der Waals surface area (Å²) in [6.45, 7) is 5.34. The molecule has 1 aromatic heterocycles. The molecular weight excluding hydrogens is 400 g/mol. The van der Waals surface area contributed by atoms with Crippen LogP contribution in [0.1, 0.15) is 68.3 Å². The van der Waals surface area contributed by atoms with Gasteiger partial charge in [-0.3, -0.25) is 0 Å².